The summed E-state index contributed by atoms with van der Waals surface area (Å²) in [6, 6.07) is 0. The Hall–Kier alpha value is -0.870. The quantitative estimate of drug-likeness (QED) is 0.609. The van der Waals surface area contributed by atoms with Crippen molar-refractivity contribution in [3.8, 4) is 0 Å². The summed E-state index contributed by atoms with van der Waals surface area (Å²) in [5, 5.41) is 3.11. The summed E-state index contributed by atoms with van der Waals surface area (Å²) in [5.74, 6) is 0.663. The zero-order chi connectivity index (χ0) is 12.3. The van der Waals surface area contributed by atoms with E-state index in [4.69, 9.17) is 0 Å². The summed E-state index contributed by atoms with van der Waals surface area (Å²) < 4.78 is 24.4. The Bertz CT molecular complexity index is 287. The Morgan fingerprint density at radius 2 is 2.18 bits per heavy atom. The Balaban J connectivity index is 1.94. The average Bonchev–Trinajstić information content (AvgIpc) is 2.68. The predicted molar refractivity (Wildman–Crippen MR) is 64.5 cm³/mol. The molecule has 1 saturated heterocycles. The van der Waals surface area contributed by atoms with Gasteiger partial charge in [0.05, 0.1) is 0 Å². The average molecular weight is 245 g/mol. The van der Waals surface area contributed by atoms with Crippen molar-refractivity contribution in [1.82, 2.24) is 10.2 Å². The molecule has 17 heavy (non-hydrogen) atoms. The molecular weight excluding hydrogens is 224 g/mol. The summed E-state index contributed by atoms with van der Waals surface area (Å²) in [7, 11) is 0. The Kier molecular flexibility index (Phi) is 3.84. The van der Waals surface area contributed by atoms with E-state index in [1.54, 1.807) is 0 Å². The van der Waals surface area contributed by atoms with Crippen LogP contribution < -0.4 is 5.32 Å². The Morgan fingerprint density at radius 3 is 2.65 bits per heavy atom. The highest BCUT2D eigenvalue weighted by atomic mass is 19.3. The molecule has 0 amide bonds. The van der Waals surface area contributed by atoms with Gasteiger partial charge in [0.25, 0.3) is 6.43 Å². The smallest absolute Gasteiger partial charge is 0.257 e. The summed E-state index contributed by atoms with van der Waals surface area (Å²) in [6.45, 7) is 4.24. The van der Waals surface area contributed by atoms with E-state index in [9.17, 15) is 8.78 Å². The molecule has 0 aromatic carbocycles. The monoisotopic (exact) mass is 245 g/mol. The molecule has 1 N–H and O–H groups in total. The van der Waals surface area contributed by atoms with Gasteiger partial charge in [-0.15, -0.1) is 0 Å². The first-order valence-electron chi connectivity index (χ1n) is 6.47. The molecule has 0 atom stereocenters. The van der Waals surface area contributed by atoms with Gasteiger partial charge in [0, 0.05) is 19.6 Å². The van der Waals surface area contributed by atoms with Gasteiger partial charge in [0.1, 0.15) is 6.54 Å². The summed E-state index contributed by atoms with van der Waals surface area (Å²) in [6.07, 6.45) is 2.73. The third-order valence-corrected chi connectivity index (χ3v) is 3.87. The van der Waals surface area contributed by atoms with Crippen LogP contribution in [0.2, 0.25) is 0 Å². The number of hydrogen-bond acceptors (Lipinski definition) is 1. The fourth-order valence-electron chi connectivity index (χ4n) is 2.78. The van der Waals surface area contributed by atoms with E-state index in [0.717, 1.165) is 19.6 Å². The normalized spacial score (nSPS) is 23.3. The van der Waals surface area contributed by atoms with Crippen LogP contribution in [0.5, 0.6) is 0 Å². The van der Waals surface area contributed by atoms with E-state index in [2.05, 4.69) is 15.2 Å². The second-order valence-electron chi connectivity index (χ2n) is 5.11. The predicted octanol–water partition coefficient (Wildman–Crippen LogP) is 2.09. The highest BCUT2D eigenvalue weighted by Crippen LogP contribution is 2.47. The SMILES string of the molecule is CCNC(=NCC(F)F)N1CCC2(CCC2)C1. The standard InChI is InChI=1S/C12H21F2N3/c1-2-15-11(16-8-10(13)14)17-7-6-12(9-17)4-3-5-12/h10H,2-9H2,1H3,(H,15,16). The van der Waals surface area contributed by atoms with Crippen LogP contribution in [0.3, 0.4) is 0 Å². The molecule has 2 aliphatic rings. The number of rotatable bonds is 3. The van der Waals surface area contributed by atoms with Crippen molar-refractivity contribution in [3.05, 3.63) is 0 Å². The van der Waals surface area contributed by atoms with Crippen molar-refractivity contribution in [2.45, 2.75) is 39.0 Å². The van der Waals surface area contributed by atoms with Crippen molar-refractivity contribution in [2.24, 2.45) is 10.4 Å². The number of halogens is 2. The lowest BCUT2D eigenvalue weighted by Gasteiger charge is -2.38. The molecule has 0 aromatic rings. The van der Waals surface area contributed by atoms with Gasteiger partial charge < -0.3 is 10.2 Å². The molecule has 5 heteroatoms. The molecule has 1 aliphatic heterocycles. The molecular formula is C12H21F2N3. The van der Waals surface area contributed by atoms with Crippen LogP contribution in [0.15, 0.2) is 4.99 Å². The second-order valence-corrected chi connectivity index (χ2v) is 5.11. The van der Waals surface area contributed by atoms with Crippen molar-refractivity contribution in [2.75, 3.05) is 26.2 Å². The first-order chi connectivity index (χ1) is 8.15. The first-order valence-corrected chi connectivity index (χ1v) is 6.47. The van der Waals surface area contributed by atoms with Gasteiger partial charge in [-0.1, -0.05) is 6.42 Å². The zero-order valence-electron chi connectivity index (χ0n) is 10.4. The maximum Gasteiger partial charge on any atom is 0.257 e. The number of nitrogens with zero attached hydrogens (tertiary/aromatic N) is 2. The molecule has 0 radical (unpaired) electrons. The summed E-state index contributed by atoms with van der Waals surface area (Å²) >= 11 is 0. The van der Waals surface area contributed by atoms with E-state index in [1.165, 1.54) is 25.7 Å². The topological polar surface area (TPSA) is 27.6 Å². The van der Waals surface area contributed by atoms with E-state index in [-0.39, 0.29) is 0 Å². The molecule has 1 heterocycles. The lowest BCUT2D eigenvalue weighted by molar-refractivity contribution is 0.150. The highest BCUT2D eigenvalue weighted by molar-refractivity contribution is 5.80. The Morgan fingerprint density at radius 1 is 1.41 bits per heavy atom. The molecule has 1 aliphatic carbocycles. The molecule has 0 aromatic heterocycles. The molecule has 2 rings (SSSR count). The minimum Gasteiger partial charge on any atom is -0.357 e. The number of nitrogens with one attached hydrogen (secondary N) is 1. The van der Waals surface area contributed by atoms with E-state index >= 15 is 0 Å². The lowest BCUT2D eigenvalue weighted by atomic mass is 9.68. The maximum absolute atomic E-state index is 12.2. The maximum atomic E-state index is 12.2. The van der Waals surface area contributed by atoms with Crippen LogP contribution in [0.25, 0.3) is 0 Å². The molecule has 0 bridgehead atoms. The molecule has 1 spiro atoms. The largest absolute Gasteiger partial charge is 0.357 e. The number of alkyl halides is 2. The summed E-state index contributed by atoms with van der Waals surface area (Å²) in [4.78, 5) is 6.14. The van der Waals surface area contributed by atoms with Gasteiger partial charge >= 0.3 is 0 Å². The number of aliphatic imine (C=N–C) groups is 1. The molecule has 2 fully saturated rings. The first kappa shape index (κ1) is 12.6. The van der Waals surface area contributed by atoms with E-state index in [1.807, 2.05) is 6.92 Å². The van der Waals surface area contributed by atoms with Crippen LogP contribution in [-0.4, -0.2) is 43.5 Å². The van der Waals surface area contributed by atoms with E-state index in [0.29, 0.717) is 11.4 Å². The summed E-state index contributed by atoms with van der Waals surface area (Å²) in [5.41, 5.74) is 0.473. The minimum atomic E-state index is -2.36. The number of hydrogen-bond donors (Lipinski definition) is 1. The fourth-order valence-corrected chi connectivity index (χ4v) is 2.78. The van der Waals surface area contributed by atoms with Gasteiger partial charge in [-0.25, -0.2) is 13.8 Å². The fraction of sp³-hybridized carbons (Fsp3) is 0.917. The van der Waals surface area contributed by atoms with Crippen LogP contribution in [0, 0.1) is 5.41 Å². The second kappa shape index (κ2) is 5.19. The molecule has 0 unspecified atom stereocenters. The van der Waals surface area contributed by atoms with Crippen LogP contribution in [0.1, 0.15) is 32.6 Å². The lowest BCUT2D eigenvalue weighted by Crippen LogP contribution is -2.42. The number of guanidine groups is 1. The zero-order valence-corrected chi connectivity index (χ0v) is 10.4. The highest BCUT2D eigenvalue weighted by Gasteiger charge is 2.43. The third kappa shape index (κ3) is 2.87. The number of likely N-dealkylation sites (tertiary alicyclic amines) is 1. The van der Waals surface area contributed by atoms with Crippen molar-refractivity contribution in [1.29, 1.82) is 0 Å². The molecule has 1 saturated carbocycles. The van der Waals surface area contributed by atoms with Gasteiger partial charge in [-0.2, -0.15) is 0 Å². The van der Waals surface area contributed by atoms with Crippen molar-refractivity contribution >= 4 is 5.96 Å². The van der Waals surface area contributed by atoms with Crippen molar-refractivity contribution in [3.63, 3.8) is 0 Å². The minimum absolute atomic E-state index is 0.397. The van der Waals surface area contributed by atoms with Gasteiger partial charge in [-0.3, -0.25) is 0 Å². The van der Waals surface area contributed by atoms with Crippen LogP contribution >= 0.6 is 0 Å². The van der Waals surface area contributed by atoms with E-state index < -0.39 is 13.0 Å². The third-order valence-electron chi connectivity index (χ3n) is 3.87. The molecule has 3 nitrogen and oxygen atoms in total. The van der Waals surface area contributed by atoms with Gasteiger partial charge in [0.2, 0.25) is 0 Å². The van der Waals surface area contributed by atoms with Gasteiger partial charge in [-0.05, 0) is 31.6 Å². The molecule has 98 valence electrons. The van der Waals surface area contributed by atoms with Crippen LogP contribution in [0.4, 0.5) is 8.78 Å². The van der Waals surface area contributed by atoms with Crippen LogP contribution in [-0.2, 0) is 0 Å². The Labute approximate surface area is 101 Å². The van der Waals surface area contributed by atoms with Crippen molar-refractivity contribution < 1.29 is 8.78 Å². The van der Waals surface area contributed by atoms with Gasteiger partial charge in [0.15, 0.2) is 5.96 Å².